The Morgan fingerprint density at radius 3 is 2.39 bits per heavy atom. The maximum atomic E-state index is 12.9. The van der Waals surface area contributed by atoms with Crippen molar-refractivity contribution in [3.63, 3.8) is 0 Å². The number of rotatable bonds is 8. The first-order chi connectivity index (χ1) is 14.9. The predicted molar refractivity (Wildman–Crippen MR) is 117 cm³/mol. The topological polar surface area (TPSA) is 97.6 Å². The smallest absolute Gasteiger partial charge is 0.339 e. The van der Waals surface area contributed by atoms with E-state index < -0.39 is 11.9 Å². The number of nitrogens with zero attached hydrogens (tertiary/aromatic N) is 1. The highest BCUT2D eigenvalue weighted by Gasteiger charge is 2.17. The van der Waals surface area contributed by atoms with Gasteiger partial charge in [-0.05, 0) is 43.2 Å². The molecule has 0 saturated carbocycles. The van der Waals surface area contributed by atoms with E-state index in [1.54, 1.807) is 24.3 Å². The Morgan fingerprint density at radius 1 is 1.00 bits per heavy atom. The minimum atomic E-state index is -0.902. The van der Waals surface area contributed by atoms with E-state index in [-0.39, 0.29) is 24.4 Å². The van der Waals surface area contributed by atoms with Gasteiger partial charge in [-0.1, -0.05) is 42.0 Å². The first-order valence-corrected chi connectivity index (χ1v) is 9.83. The number of aliphatic carboxylic acids is 1. The minimum Gasteiger partial charge on any atom is -0.481 e. The number of hydrogen-bond donors (Lipinski definition) is 2. The summed E-state index contributed by atoms with van der Waals surface area (Å²) in [6.07, 6.45) is 0.261. The largest absolute Gasteiger partial charge is 0.481 e. The summed E-state index contributed by atoms with van der Waals surface area (Å²) in [6, 6.07) is 18.2. The summed E-state index contributed by atoms with van der Waals surface area (Å²) in [5, 5.41) is 11.8. The van der Waals surface area contributed by atoms with Gasteiger partial charge in [-0.3, -0.25) is 9.59 Å². The number of aryl methyl sites for hydroxylation is 2. The normalized spacial score (nSPS) is 10.5. The molecule has 2 N–H and O–H groups in total. The third-order valence-corrected chi connectivity index (χ3v) is 4.92. The van der Waals surface area contributed by atoms with E-state index in [0.29, 0.717) is 12.1 Å². The molecule has 2 aromatic carbocycles. The Kier molecular flexibility index (Phi) is 6.87. The van der Waals surface area contributed by atoms with Gasteiger partial charge in [-0.2, -0.15) is 0 Å². The number of ether oxygens (including phenoxy) is 1. The number of carbonyl (C=O) groups excluding carboxylic acids is 2. The van der Waals surface area contributed by atoms with Crippen LogP contribution in [0.25, 0.3) is 11.3 Å². The quantitative estimate of drug-likeness (QED) is 0.539. The fourth-order valence-corrected chi connectivity index (χ4v) is 3.34. The van der Waals surface area contributed by atoms with Crippen LogP contribution in [-0.4, -0.2) is 34.6 Å². The second kappa shape index (κ2) is 9.75. The summed E-state index contributed by atoms with van der Waals surface area (Å²) >= 11 is 0. The van der Waals surface area contributed by atoms with Gasteiger partial charge >= 0.3 is 11.9 Å². The molecule has 0 radical (unpaired) electrons. The van der Waals surface area contributed by atoms with Crippen LogP contribution >= 0.6 is 0 Å². The number of nitrogens with one attached hydrogen (secondary N) is 1. The van der Waals surface area contributed by atoms with Crippen LogP contribution < -0.4 is 5.32 Å². The van der Waals surface area contributed by atoms with Gasteiger partial charge in [-0.15, -0.1) is 0 Å². The molecule has 0 spiro atoms. The zero-order valence-corrected chi connectivity index (χ0v) is 17.4. The molecular weight excluding hydrogens is 396 g/mol. The summed E-state index contributed by atoms with van der Waals surface area (Å²) < 4.78 is 6.58. The molecule has 0 aliphatic heterocycles. The zero-order chi connectivity index (χ0) is 22.4. The summed E-state index contributed by atoms with van der Waals surface area (Å²) in [4.78, 5) is 35.9. The number of benzene rings is 2. The number of hydrogen-bond acceptors (Lipinski definition) is 4. The van der Waals surface area contributed by atoms with Crippen molar-refractivity contribution in [3.8, 4) is 11.3 Å². The van der Waals surface area contributed by atoms with E-state index in [0.717, 1.165) is 22.5 Å². The van der Waals surface area contributed by atoms with Crippen LogP contribution in [0.2, 0.25) is 0 Å². The van der Waals surface area contributed by atoms with Crippen LogP contribution in [0.4, 0.5) is 5.69 Å². The van der Waals surface area contributed by atoms with Crippen LogP contribution in [0.1, 0.15) is 28.0 Å². The summed E-state index contributed by atoms with van der Waals surface area (Å²) in [5.74, 6) is -1.78. The fourth-order valence-electron chi connectivity index (χ4n) is 3.34. The third-order valence-electron chi connectivity index (χ3n) is 4.92. The molecule has 0 aliphatic carbocycles. The van der Waals surface area contributed by atoms with Crippen molar-refractivity contribution >= 4 is 23.5 Å². The number of carboxylic acids is 1. The van der Waals surface area contributed by atoms with Crippen molar-refractivity contribution in [2.24, 2.45) is 0 Å². The SMILES string of the molecule is COC(=O)c1ccccc1NC(=O)Cn1c(CCC(=O)O)ccc1-c1ccc(C)cc1. The molecule has 0 atom stereocenters. The Labute approximate surface area is 180 Å². The summed E-state index contributed by atoms with van der Waals surface area (Å²) in [7, 11) is 1.28. The van der Waals surface area contributed by atoms with Crippen molar-refractivity contribution < 1.29 is 24.2 Å². The maximum Gasteiger partial charge on any atom is 0.339 e. The average molecular weight is 420 g/mol. The number of amides is 1. The number of methoxy groups -OCH3 is 1. The second-order valence-corrected chi connectivity index (χ2v) is 7.14. The lowest BCUT2D eigenvalue weighted by Gasteiger charge is -2.15. The van der Waals surface area contributed by atoms with Crippen LogP contribution in [0.15, 0.2) is 60.7 Å². The van der Waals surface area contributed by atoms with Gasteiger partial charge in [0.25, 0.3) is 0 Å². The van der Waals surface area contributed by atoms with Crippen molar-refractivity contribution in [2.75, 3.05) is 12.4 Å². The monoisotopic (exact) mass is 420 g/mol. The first-order valence-electron chi connectivity index (χ1n) is 9.83. The van der Waals surface area contributed by atoms with Crippen molar-refractivity contribution in [1.29, 1.82) is 0 Å². The first kappa shape index (κ1) is 21.8. The van der Waals surface area contributed by atoms with Gasteiger partial charge in [0.15, 0.2) is 0 Å². The highest BCUT2D eigenvalue weighted by Crippen LogP contribution is 2.25. The number of anilines is 1. The van der Waals surface area contributed by atoms with Crippen molar-refractivity contribution in [3.05, 3.63) is 77.5 Å². The van der Waals surface area contributed by atoms with Gasteiger partial charge in [-0.25, -0.2) is 4.79 Å². The van der Waals surface area contributed by atoms with Gasteiger partial charge in [0.2, 0.25) is 5.91 Å². The summed E-state index contributed by atoms with van der Waals surface area (Å²) in [5.41, 5.74) is 4.22. The number of para-hydroxylation sites is 1. The lowest BCUT2D eigenvalue weighted by Crippen LogP contribution is -2.22. The molecule has 7 heteroatoms. The molecule has 1 heterocycles. The highest BCUT2D eigenvalue weighted by atomic mass is 16.5. The minimum absolute atomic E-state index is 0.0271. The molecule has 0 unspecified atom stereocenters. The van der Waals surface area contributed by atoms with Gasteiger partial charge in [0.1, 0.15) is 6.54 Å². The molecule has 0 bridgehead atoms. The van der Waals surface area contributed by atoms with E-state index in [1.165, 1.54) is 7.11 Å². The predicted octanol–water partition coefficient (Wildman–Crippen LogP) is 3.91. The van der Waals surface area contributed by atoms with Gasteiger partial charge < -0.3 is 19.7 Å². The van der Waals surface area contributed by atoms with Gasteiger partial charge in [0.05, 0.1) is 24.8 Å². The Hall–Kier alpha value is -3.87. The van der Waals surface area contributed by atoms with Gasteiger partial charge in [0, 0.05) is 11.4 Å². The van der Waals surface area contributed by atoms with Crippen molar-refractivity contribution in [2.45, 2.75) is 26.3 Å². The molecule has 3 rings (SSSR count). The molecule has 0 aliphatic rings. The lowest BCUT2D eigenvalue weighted by molar-refractivity contribution is -0.137. The molecular formula is C24H24N2O5. The van der Waals surface area contributed by atoms with E-state index in [2.05, 4.69) is 5.32 Å². The molecule has 160 valence electrons. The molecule has 7 nitrogen and oxygen atoms in total. The Balaban J connectivity index is 1.89. The standard InChI is InChI=1S/C24H24N2O5/c1-16-7-9-17(10-8-16)21-13-11-18(12-14-23(28)29)26(21)15-22(27)25-20-6-4-3-5-19(20)24(30)31-2/h3-11,13H,12,14-15H2,1-2H3,(H,25,27)(H,28,29). The Morgan fingerprint density at radius 2 is 1.71 bits per heavy atom. The number of carbonyl (C=O) groups is 3. The third kappa shape index (κ3) is 5.39. The average Bonchev–Trinajstić information content (AvgIpc) is 3.14. The molecule has 0 fully saturated rings. The van der Waals surface area contributed by atoms with E-state index in [4.69, 9.17) is 9.84 Å². The van der Waals surface area contributed by atoms with Crippen LogP contribution in [-0.2, 0) is 27.3 Å². The molecule has 3 aromatic rings. The zero-order valence-electron chi connectivity index (χ0n) is 17.4. The molecule has 1 amide bonds. The number of carboxylic acid groups (broad SMARTS) is 1. The van der Waals surface area contributed by atoms with Crippen LogP contribution in [0.3, 0.4) is 0 Å². The summed E-state index contributed by atoms with van der Waals surface area (Å²) in [6.45, 7) is 1.97. The van der Waals surface area contributed by atoms with Crippen molar-refractivity contribution in [1.82, 2.24) is 4.57 Å². The van der Waals surface area contributed by atoms with Crippen LogP contribution in [0, 0.1) is 6.92 Å². The highest BCUT2D eigenvalue weighted by molar-refractivity contribution is 6.01. The molecule has 1 aromatic heterocycles. The van der Waals surface area contributed by atoms with E-state index >= 15 is 0 Å². The number of aromatic nitrogens is 1. The fraction of sp³-hybridized carbons (Fsp3) is 0.208. The number of esters is 1. The molecule has 0 saturated heterocycles. The molecule has 31 heavy (non-hydrogen) atoms. The van der Waals surface area contributed by atoms with E-state index in [9.17, 15) is 14.4 Å². The second-order valence-electron chi connectivity index (χ2n) is 7.14. The van der Waals surface area contributed by atoms with E-state index in [1.807, 2.05) is 47.9 Å². The maximum absolute atomic E-state index is 12.9. The lowest BCUT2D eigenvalue weighted by atomic mass is 10.1. The van der Waals surface area contributed by atoms with Crippen LogP contribution in [0.5, 0.6) is 0 Å². The Bertz CT molecular complexity index is 1100.